The Morgan fingerprint density at radius 3 is 3.07 bits per heavy atom. The van der Waals surface area contributed by atoms with E-state index in [1.807, 2.05) is 0 Å². The molecule has 2 rings (SSSR count). The molecule has 2 N–H and O–H groups in total. The number of aromatic hydroxyl groups is 1. The lowest BCUT2D eigenvalue weighted by molar-refractivity contribution is -0.139. The molecule has 0 spiro atoms. The van der Waals surface area contributed by atoms with E-state index >= 15 is 0 Å². The van der Waals surface area contributed by atoms with Crippen molar-refractivity contribution >= 4 is 16.9 Å². The fraction of sp³-hybridized carbons (Fsp3) is 0.182. The third kappa shape index (κ3) is 1.79. The van der Waals surface area contributed by atoms with Gasteiger partial charge < -0.3 is 14.8 Å². The first kappa shape index (κ1) is 9.58. The van der Waals surface area contributed by atoms with Crippen molar-refractivity contribution < 1.29 is 14.6 Å². The van der Waals surface area contributed by atoms with Crippen LogP contribution in [0.4, 0.5) is 0 Å². The maximum absolute atomic E-state index is 11.1. The molecule has 1 aromatic carbocycles. The molecule has 0 unspecified atom stereocenters. The highest BCUT2D eigenvalue weighted by Gasteiger charge is 2.08. The number of rotatable bonds is 2. The lowest BCUT2D eigenvalue weighted by atomic mass is 10.1. The molecule has 0 saturated carbocycles. The second kappa shape index (κ2) is 3.65. The fourth-order valence-electron chi connectivity index (χ4n) is 1.55. The lowest BCUT2D eigenvalue weighted by Gasteiger charge is -1.98. The van der Waals surface area contributed by atoms with E-state index in [0.29, 0.717) is 0 Å². The van der Waals surface area contributed by atoms with Crippen LogP contribution in [0.1, 0.15) is 5.56 Å². The molecule has 0 radical (unpaired) electrons. The Bertz CT molecular complexity index is 502. The third-order valence-corrected chi connectivity index (χ3v) is 2.31. The van der Waals surface area contributed by atoms with Gasteiger partial charge in [-0.1, -0.05) is 0 Å². The molecule has 0 aliphatic heterocycles. The van der Waals surface area contributed by atoms with E-state index in [4.69, 9.17) is 0 Å². The minimum absolute atomic E-state index is 0.203. The first-order valence-corrected chi connectivity index (χ1v) is 4.56. The molecular weight excluding hydrogens is 194 g/mol. The van der Waals surface area contributed by atoms with Crippen LogP contribution in [0, 0.1) is 0 Å². The van der Waals surface area contributed by atoms with Gasteiger partial charge in [-0.15, -0.1) is 0 Å². The van der Waals surface area contributed by atoms with E-state index in [-0.39, 0.29) is 18.1 Å². The Morgan fingerprint density at radius 2 is 2.33 bits per heavy atom. The van der Waals surface area contributed by atoms with Crippen molar-refractivity contribution in [1.29, 1.82) is 0 Å². The SMILES string of the molecule is COC(=O)Cc1c[nH]c2cc(O)ccc12. The smallest absolute Gasteiger partial charge is 0.310 e. The highest BCUT2D eigenvalue weighted by Crippen LogP contribution is 2.22. The van der Waals surface area contributed by atoms with E-state index in [1.54, 1.807) is 24.4 Å². The van der Waals surface area contributed by atoms with Gasteiger partial charge in [-0.2, -0.15) is 0 Å². The summed E-state index contributed by atoms with van der Waals surface area (Å²) in [6.45, 7) is 0. The van der Waals surface area contributed by atoms with Crippen molar-refractivity contribution in [2.75, 3.05) is 7.11 Å². The van der Waals surface area contributed by atoms with Crippen LogP contribution in [0.15, 0.2) is 24.4 Å². The molecule has 15 heavy (non-hydrogen) atoms. The third-order valence-electron chi connectivity index (χ3n) is 2.31. The molecule has 4 heteroatoms. The number of hydrogen-bond acceptors (Lipinski definition) is 3. The van der Waals surface area contributed by atoms with Gasteiger partial charge in [-0.25, -0.2) is 0 Å². The molecule has 0 fully saturated rings. The Balaban J connectivity index is 2.41. The number of phenols is 1. The summed E-state index contributed by atoms with van der Waals surface area (Å²) in [5.41, 5.74) is 1.69. The second-order valence-electron chi connectivity index (χ2n) is 3.30. The highest BCUT2D eigenvalue weighted by atomic mass is 16.5. The number of aromatic nitrogens is 1. The number of carbonyl (C=O) groups is 1. The van der Waals surface area contributed by atoms with Gasteiger partial charge in [0.1, 0.15) is 5.75 Å². The van der Waals surface area contributed by atoms with Gasteiger partial charge >= 0.3 is 5.97 Å². The summed E-state index contributed by atoms with van der Waals surface area (Å²) in [4.78, 5) is 14.1. The lowest BCUT2D eigenvalue weighted by Crippen LogP contribution is -2.03. The maximum Gasteiger partial charge on any atom is 0.310 e. The molecule has 0 atom stereocenters. The first-order chi connectivity index (χ1) is 7.20. The number of fused-ring (bicyclic) bond motifs is 1. The van der Waals surface area contributed by atoms with Gasteiger partial charge in [0.15, 0.2) is 0 Å². The van der Waals surface area contributed by atoms with E-state index in [9.17, 15) is 9.90 Å². The molecule has 78 valence electrons. The Morgan fingerprint density at radius 1 is 1.53 bits per heavy atom. The van der Waals surface area contributed by atoms with Gasteiger partial charge in [0.05, 0.1) is 13.5 Å². The number of carbonyl (C=O) groups excluding carboxylic acids is 1. The van der Waals surface area contributed by atoms with E-state index in [2.05, 4.69) is 9.72 Å². The topological polar surface area (TPSA) is 62.3 Å². The van der Waals surface area contributed by atoms with Gasteiger partial charge in [0.2, 0.25) is 0 Å². The molecule has 1 aromatic heterocycles. The average Bonchev–Trinajstić information content (AvgIpc) is 2.60. The van der Waals surface area contributed by atoms with Crippen LogP contribution < -0.4 is 0 Å². The second-order valence-corrected chi connectivity index (χ2v) is 3.30. The van der Waals surface area contributed by atoms with Crippen LogP contribution in [0.25, 0.3) is 10.9 Å². The molecular formula is C11H11NO3. The normalized spacial score (nSPS) is 10.5. The predicted octanol–water partition coefficient (Wildman–Crippen LogP) is 1.59. The number of benzene rings is 1. The Hall–Kier alpha value is -1.97. The summed E-state index contributed by atoms with van der Waals surface area (Å²) in [5.74, 6) is -0.0713. The predicted molar refractivity (Wildman–Crippen MR) is 55.7 cm³/mol. The summed E-state index contributed by atoms with van der Waals surface area (Å²) >= 11 is 0. The maximum atomic E-state index is 11.1. The molecule has 0 aliphatic carbocycles. The zero-order valence-corrected chi connectivity index (χ0v) is 8.28. The number of methoxy groups -OCH3 is 1. The molecule has 0 aliphatic rings. The van der Waals surface area contributed by atoms with Crippen LogP contribution in [-0.4, -0.2) is 23.2 Å². The molecule has 0 amide bonds. The number of esters is 1. The van der Waals surface area contributed by atoms with Crippen LogP contribution in [0.3, 0.4) is 0 Å². The van der Waals surface area contributed by atoms with Crippen molar-refractivity contribution in [3.05, 3.63) is 30.0 Å². The Kier molecular flexibility index (Phi) is 2.33. The molecule has 1 heterocycles. The summed E-state index contributed by atoms with van der Waals surface area (Å²) in [6.07, 6.45) is 1.99. The van der Waals surface area contributed by atoms with Crippen LogP contribution in [-0.2, 0) is 16.0 Å². The van der Waals surface area contributed by atoms with Gasteiger partial charge in [0, 0.05) is 23.2 Å². The number of ether oxygens (including phenoxy) is 1. The zero-order valence-electron chi connectivity index (χ0n) is 8.28. The minimum Gasteiger partial charge on any atom is -0.508 e. The van der Waals surface area contributed by atoms with Gasteiger partial charge in [-0.3, -0.25) is 4.79 Å². The van der Waals surface area contributed by atoms with Crippen molar-refractivity contribution in [3.8, 4) is 5.75 Å². The number of H-pyrrole nitrogens is 1. The number of aromatic amines is 1. The van der Waals surface area contributed by atoms with Crippen LogP contribution >= 0.6 is 0 Å². The monoisotopic (exact) mass is 205 g/mol. The Labute approximate surface area is 86.5 Å². The van der Waals surface area contributed by atoms with Gasteiger partial charge in [-0.05, 0) is 17.7 Å². The van der Waals surface area contributed by atoms with Crippen LogP contribution in [0.5, 0.6) is 5.75 Å². The van der Waals surface area contributed by atoms with E-state index in [0.717, 1.165) is 16.5 Å². The quantitative estimate of drug-likeness (QED) is 0.732. The highest BCUT2D eigenvalue weighted by molar-refractivity contribution is 5.88. The molecule has 0 saturated heterocycles. The zero-order chi connectivity index (χ0) is 10.8. The largest absolute Gasteiger partial charge is 0.508 e. The number of phenolic OH excluding ortho intramolecular Hbond substituents is 1. The van der Waals surface area contributed by atoms with Gasteiger partial charge in [0.25, 0.3) is 0 Å². The summed E-state index contributed by atoms with van der Waals surface area (Å²) in [6, 6.07) is 4.99. The minimum atomic E-state index is -0.274. The fourth-order valence-corrected chi connectivity index (χ4v) is 1.55. The first-order valence-electron chi connectivity index (χ1n) is 4.56. The molecule has 2 aromatic rings. The van der Waals surface area contributed by atoms with Crippen molar-refractivity contribution in [2.45, 2.75) is 6.42 Å². The summed E-state index contributed by atoms with van der Waals surface area (Å²) in [5, 5.41) is 10.2. The summed E-state index contributed by atoms with van der Waals surface area (Å²) < 4.78 is 4.59. The van der Waals surface area contributed by atoms with Crippen molar-refractivity contribution in [1.82, 2.24) is 4.98 Å². The number of nitrogens with one attached hydrogen (secondary N) is 1. The average molecular weight is 205 g/mol. The standard InChI is InChI=1S/C11H11NO3/c1-15-11(14)4-7-6-12-10-5-8(13)2-3-9(7)10/h2-3,5-6,12-13H,4H2,1H3. The van der Waals surface area contributed by atoms with E-state index in [1.165, 1.54) is 7.11 Å². The summed E-state index contributed by atoms with van der Waals surface area (Å²) in [7, 11) is 1.36. The molecule has 4 nitrogen and oxygen atoms in total. The van der Waals surface area contributed by atoms with Crippen molar-refractivity contribution in [2.24, 2.45) is 0 Å². The molecule has 0 bridgehead atoms. The van der Waals surface area contributed by atoms with Crippen molar-refractivity contribution in [3.63, 3.8) is 0 Å². The van der Waals surface area contributed by atoms with Crippen LogP contribution in [0.2, 0.25) is 0 Å². The number of hydrogen-bond donors (Lipinski definition) is 2. The van der Waals surface area contributed by atoms with E-state index < -0.39 is 0 Å².